The third kappa shape index (κ3) is 5.68. The summed E-state index contributed by atoms with van der Waals surface area (Å²) in [6, 6.07) is 0.635. The first kappa shape index (κ1) is 21.2. The van der Waals surface area contributed by atoms with E-state index in [1.54, 1.807) is 0 Å². The number of ether oxygens (including phenoxy) is 2. The lowest BCUT2D eigenvalue weighted by Crippen LogP contribution is -2.55. The average molecular weight is 466 g/mol. The molecule has 0 aliphatic carbocycles. The van der Waals surface area contributed by atoms with Crippen molar-refractivity contribution in [3.8, 4) is 0 Å². The van der Waals surface area contributed by atoms with Gasteiger partial charge in [-0.25, -0.2) is 0 Å². The van der Waals surface area contributed by atoms with Crippen molar-refractivity contribution in [1.29, 1.82) is 0 Å². The Morgan fingerprint density at radius 2 is 1.92 bits per heavy atom. The van der Waals surface area contributed by atoms with Crippen molar-refractivity contribution in [1.82, 2.24) is 15.1 Å². The standard InChI is InChI=1S/C18H34N4O2.HI/c1-3-21-9-5-4-7-15(21)13-20-18(19-2)22-10-12-24-17(14-22)16-8-6-11-23-16;/h15-17H,3-14H2,1-2H3,(H,19,20);1H. The van der Waals surface area contributed by atoms with Gasteiger partial charge in [-0.2, -0.15) is 0 Å². The van der Waals surface area contributed by atoms with Crippen LogP contribution in [0.2, 0.25) is 0 Å². The van der Waals surface area contributed by atoms with Gasteiger partial charge in [-0.1, -0.05) is 13.3 Å². The summed E-state index contributed by atoms with van der Waals surface area (Å²) < 4.78 is 11.8. The van der Waals surface area contributed by atoms with Gasteiger partial charge in [0.25, 0.3) is 0 Å². The number of hydrogen-bond acceptors (Lipinski definition) is 4. The van der Waals surface area contributed by atoms with Gasteiger partial charge in [0.05, 0.1) is 12.7 Å². The van der Waals surface area contributed by atoms with Gasteiger partial charge in [0.15, 0.2) is 5.96 Å². The van der Waals surface area contributed by atoms with Crippen LogP contribution in [0.4, 0.5) is 0 Å². The van der Waals surface area contributed by atoms with Crippen molar-refractivity contribution in [3.63, 3.8) is 0 Å². The van der Waals surface area contributed by atoms with Gasteiger partial charge in [0.1, 0.15) is 6.10 Å². The highest BCUT2D eigenvalue weighted by Gasteiger charge is 2.32. The Labute approximate surface area is 169 Å². The zero-order valence-corrected chi connectivity index (χ0v) is 18.1. The maximum absolute atomic E-state index is 5.96. The van der Waals surface area contributed by atoms with E-state index in [4.69, 9.17) is 9.47 Å². The molecule has 0 saturated carbocycles. The third-order valence-corrected chi connectivity index (χ3v) is 5.64. The van der Waals surface area contributed by atoms with Crippen LogP contribution in [0.5, 0.6) is 0 Å². The summed E-state index contributed by atoms with van der Waals surface area (Å²) in [7, 11) is 1.89. The van der Waals surface area contributed by atoms with Crippen LogP contribution < -0.4 is 5.32 Å². The second-order valence-electron chi connectivity index (χ2n) is 7.11. The van der Waals surface area contributed by atoms with Crippen LogP contribution in [0.1, 0.15) is 39.0 Å². The summed E-state index contributed by atoms with van der Waals surface area (Å²) in [4.78, 5) is 9.46. The van der Waals surface area contributed by atoms with E-state index in [9.17, 15) is 0 Å². The molecule has 0 aromatic rings. The number of rotatable bonds is 4. The van der Waals surface area contributed by atoms with Gasteiger partial charge in [0, 0.05) is 39.3 Å². The first-order valence-electron chi connectivity index (χ1n) is 9.74. The topological polar surface area (TPSA) is 49.3 Å². The summed E-state index contributed by atoms with van der Waals surface area (Å²) in [5, 5.41) is 3.62. The first-order valence-corrected chi connectivity index (χ1v) is 9.74. The van der Waals surface area contributed by atoms with E-state index in [1.165, 1.54) is 25.8 Å². The Hall–Kier alpha value is -0.120. The van der Waals surface area contributed by atoms with Gasteiger partial charge in [-0.05, 0) is 38.8 Å². The highest BCUT2D eigenvalue weighted by Crippen LogP contribution is 2.21. The zero-order chi connectivity index (χ0) is 16.8. The van der Waals surface area contributed by atoms with E-state index in [2.05, 4.69) is 27.0 Å². The molecule has 25 heavy (non-hydrogen) atoms. The molecule has 3 aliphatic rings. The number of likely N-dealkylation sites (N-methyl/N-ethyl adjacent to an activating group) is 1. The smallest absolute Gasteiger partial charge is 0.193 e. The molecule has 3 rings (SSSR count). The summed E-state index contributed by atoms with van der Waals surface area (Å²) in [6.45, 7) is 9.06. The van der Waals surface area contributed by atoms with Crippen molar-refractivity contribution in [3.05, 3.63) is 0 Å². The van der Waals surface area contributed by atoms with E-state index in [-0.39, 0.29) is 36.2 Å². The predicted molar refractivity (Wildman–Crippen MR) is 112 cm³/mol. The van der Waals surface area contributed by atoms with Crippen molar-refractivity contribution in [2.24, 2.45) is 4.99 Å². The molecule has 3 atom stereocenters. The van der Waals surface area contributed by atoms with E-state index in [0.29, 0.717) is 6.04 Å². The van der Waals surface area contributed by atoms with Crippen molar-refractivity contribution < 1.29 is 9.47 Å². The molecule has 0 bridgehead atoms. The second kappa shape index (κ2) is 10.9. The molecule has 6 nitrogen and oxygen atoms in total. The molecule has 0 aromatic heterocycles. The number of hydrogen-bond donors (Lipinski definition) is 1. The minimum absolute atomic E-state index is 0. The predicted octanol–water partition coefficient (Wildman–Crippen LogP) is 1.93. The Kier molecular flexibility index (Phi) is 9.23. The van der Waals surface area contributed by atoms with Gasteiger partial charge >= 0.3 is 0 Å². The second-order valence-corrected chi connectivity index (χ2v) is 7.11. The summed E-state index contributed by atoms with van der Waals surface area (Å²) >= 11 is 0. The molecule has 3 saturated heterocycles. The Morgan fingerprint density at radius 1 is 1.08 bits per heavy atom. The number of nitrogens with one attached hydrogen (secondary N) is 1. The van der Waals surface area contributed by atoms with Crippen molar-refractivity contribution in [2.45, 2.75) is 57.3 Å². The number of likely N-dealkylation sites (tertiary alicyclic amines) is 1. The van der Waals surface area contributed by atoms with Crippen molar-refractivity contribution >= 4 is 29.9 Å². The quantitative estimate of drug-likeness (QED) is 0.390. The number of piperidine rings is 1. The maximum Gasteiger partial charge on any atom is 0.193 e. The normalized spacial score (nSPS) is 31.7. The molecule has 0 amide bonds. The van der Waals surface area contributed by atoms with Crippen LogP contribution in [0.25, 0.3) is 0 Å². The SMILES string of the molecule is CCN1CCCCC1CNC(=NC)N1CCOC(C2CCCO2)C1.I. The van der Waals surface area contributed by atoms with Crippen LogP contribution in [0, 0.1) is 0 Å². The van der Waals surface area contributed by atoms with Crippen molar-refractivity contribution in [2.75, 3.05) is 53.0 Å². The lowest BCUT2D eigenvalue weighted by molar-refractivity contribution is -0.0817. The number of guanidine groups is 1. The van der Waals surface area contributed by atoms with E-state index < -0.39 is 0 Å². The summed E-state index contributed by atoms with van der Waals surface area (Å²) in [6.07, 6.45) is 6.70. The molecule has 3 fully saturated rings. The fourth-order valence-electron chi connectivity index (χ4n) is 4.24. The van der Waals surface area contributed by atoms with Crippen LogP contribution in [0.15, 0.2) is 4.99 Å². The van der Waals surface area contributed by atoms with E-state index in [1.807, 2.05) is 7.05 Å². The number of aliphatic imine (C=N–C) groups is 1. The largest absolute Gasteiger partial charge is 0.375 e. The Bertz CT molecular complexity index is 418. The molecule has 0 radical (unpaired) electrons. The van der Waals surface area contributed by atoms with Crippen LogP contribution in [0.3, 0.4) is 0 Å². The summed E-state index contributed by atoms with van der Waals surface area (Å²) in [5.41, 5.74) is 0. The van der Waals surface area contributed by atoms with E-state index >= 15 is 0 Å². The Morgan fingerprint density at radius 3 is 2.64 bits per heavy atom. The number of nitrogens with zero attached hydrogens (tertiary/aromatic N) is 3. The molecule has 3 heterocycles. The molecule has 0 aromatic carbocycles. The number of morpholine rings is 1. The lowest BCUT2D eigenvalue weighted by Gasteiger charge is -2.39. The molecule has 3 aliphatic heterocycles. The fourth-order valence-corrected chi connectivity index (χ4v) is 4.24. The zero-order valence-electron chi connectivity index (χ0n) is 15.8. The van der Waals surface area contributed by atoms with Crippen LogP contribution >= 0.6 is 24.0 Å². The summed E-state index contributed by atoms with van der Waals surface area (Å²) in [5.74, 6) is 1.02. The molecule has 1 N–H and O–H groups in total. The van der Waals surface area contributed by atoms with Gasteiger partial charge in [-0.3, -0.25) is 9.89 Å². The molecular formula is C18H35IN4O2. The monoisotopic (exact) mass is 466 g/mol. The highest BCUT2D eigenvalue weighted by atomic mass is 127. The molecule has 0 spiro atoms. The molecular weight excluding hydrogens is 431 g/mol. The minimum atomic E-state index is 0. The van der Waals surface area contributed by atoms with Gasteiger partial charge < -0.3 is 19.7 Å². The van der Waals surface area contributed by atoms with Gasteiger partial charge in [-0.15, -0.1) is 24.0 Å². The number of halogens is 1. The van der Waals surface area contributed by atoms with E-state index in [0.717, 1.165) is 58.2 Å². The first-order chi connectivity index (χ1) is 11.8. The maximum atomic E-state index is 5.96. The van der Waals surface area contributed by atoms with Gasteiger partial charge in [0.2, 0.25) is 0 Å². The molecule has 3 unspecified atom stereocenters. The molecule has 7 heteroatoms. The fraction of sp³-hybridized carbons (Fsp3) is 0.944. The van der Waals surface area contributed by atoms with Crippen LogP contribution in [-0.4, -0.2) is 87.0 Å². The Balaban J connectivity index is 0.00000225. The average Bonchev–Trinajstić information content (AvgIpc) is 3.17. The third-order valence-electron chi connectivity index (χ3n) is 5.64. The van der Waals surface area contributed by atoms with Crippen LogP contribution in [-0.2, 0) is 9.47 Å². The highest BCUT2D eigenvalue weighted by molar-refractivity contribution is 14.0. The minimum Gasteiger partial charge on any atom is -0.375 e. The molecule has 146 valence electrons. The lowest BCUT2D eigenvalue weighted by atomic mass is 10.0.